The maximum atomic E-state index is 12.4. The molecule has 28 heavy (non-hydrogen) atoms. The second-order valence-electron chi connectivity index (χ2n) is 6.43. The zero-order valence-corrected chi connectivity index (χ0v) is 17.8. The van der Waals surface area contributed by atoms with E-state index in [2.05, 4.69) is 15.0 Å². The van der Waals surface area contributed by atoms with Gasteiger partial charge in [-0.05, 0) is 35.9 Å². The fourth-order valence-electron chi connectivity index (χ4n) is 2.85. The number of nitrogens with one attached hydrogen (secondary N) is 1. The Morgan fingerprint density at radius 3 is 2.46 bits per heavy atom. The average molecular weight is 441 g/mol. The number of fused-ring (bicyclic) bond motifs is 1. The third-order valence-corrected chi connectivity index (χ3v) is 4.96. The molecule has 0 spiro atoms. The van der Waals surface area contributed by atoms with Gasteiger partial charge in [-0.1, -0.05) is 41.7 Å². The molecule has 3 aromatic rings. The monoisotopic (exact) mass is 439 g/mol. The summed E-state index contributed by atoms with van der Waals surface area (Å²) in [6, 6.07) is 8.83. The van der Waals surface area contributed by atoms with Crippen LogP contribution in [-0.2, 0) is 11.3 Å². The molecule has 2 heterocycles. The van der Waals surface area contributed by atoms with Gasteiger partial charge in [0, 0.05) is 43.1 Å². The Hall–Kier alpha value is -2.02. The standard InChI is InChI=1S/C19H20Cl3N5O/c1-3-17(28)27(11-12-8-13(20)10-14(21)9-12)7-6-26(2)19-23-15-4-5-16(22)24-18(15)25-19/h4-5,8-10H,3,6-7,11H2,1-2H3,(H,23,24,25). The lowest BCUT2D eigenvalue weighted by Gasteiger charge is -2.25. The Balaban J connectivity index is 1.70. The van der Waals surface area contributed by atoms with Crippen LogP contribution in [0.25, 0.3) is 11.2 Å². The Morgan fingerprint density at radius 2 is 1.79 bits per heavy atom. The minimum absolute atomic E-state index is 0.0579. The van der Waals surface area contributed by atoms with Gasteiger partial charge in [-0.3, -0.25) is 4.79 Å². The predicted molar refractivity (Wildman–Crippen MR) is 114 cm³/mol. The van der Waals surface area contributed by atoms with Crippen molar-refractivity contribution in [3.8, 4) is 0 Å². The highest BCUT2D eigenvalue weighted by Crippen LogP contribution is 2.21. The third kappa shape index (κ3) is 5.07. The normalized spacial score (nSPS) is 11.0. The number of amides is 1. The van der Waals surface area contributed by atoms with Crippen molar-refractivity contribution in [2.45, 2.75) is 19.9 Å². The zero-order valence-electron chi connectivity index (χ0n) is 15.5. The number of hydrogen-bond donors (Lipinski definition) is 1. The Morgan fingerprint density at radius 1 is 1.07 bits per heavy atom. The first kappa shape index (κ1) is 20.7. The van der Waals surface area contributed by atoms with Gasteiger partial charge in [-0.2, -0.15) is 0 Å². The van der Waals surface area contributed by atoms with Crippen molar-refractivity contribution in [2.24, 2.45) is 0 Å². The van der Waals surface area contributed by atoms with E-state index in [1.54, 1.807) is 17.0 Å². The highest BCUT2D eigenvalue weighted by molar-refractivity contribution is 6.34. The Bertz CT molecular complexity index is 971. The fourth-order valence-corrected chi connectivity index (χ4v) is 3.57. The number of pyridine rings is 1. The van der Waals surface area contributed by atoms with Gasteiger partial charge in [0.1, 0.15) is 10.7 Å². The smallest absolute Gasteiger partial charge is 0.222 e. The van der Waals surface area contributed by atoms with Crippen molar-refractivity contribution in [1.82, 2.24) is 19.9 Å². The molecule has 0 aliphatic rings. The maximum absolute atomic E-state index is 12.4. The van der Waals surface area contributed by atoms with Crippen molar-refractivity contribution in [3.05, 3.63) is 51.1 Å². The molecule has 1 amide bonds. The van der Waals surface area contributed by atoms with Crippen LogP contribution >= 0.6 is 34.8 Å². The molecule has 0 unspecified atom stereocenters. The molecule has 0 fully saturated rings. The highest BCUT2D eigenvalue weighted by atomic mass is 35.5. The summed E-state index contributed by atoms with van der Waals surface area (Å²) in [5.74, 6) is 0.724. The number of aromatic amines is 1. The first-order valence-electron chi connectivity index (χ1n) is 8.82. The van der Waals surface area contributed by atoms with Gasteiger partial charge in [0.25, 0.3) is 0 Å². The molecule has 0 atom stereocenters. The second kappa shape index (κ2) is 8.99. The van der Waals surface area contributed by atoms with E-state index in [1.807, 2.05) is 37.1 Å². The van der Waals surface area contributed by atoms with Gasteiger partial charge in [-0.25, -0.2) is 9.97 Å². The fraction of sp³-hybridized carbons (Fsp3) is 0.316. The summed E-state index contributed by atoms with van der Waals surface area (Å²) in [5, 5.41) is 1.51. The number of halogens is 3. The minimum atomic E-state index is 0.0579. The highest BCUT2D eigenvalue weighted by Gasteiger charge is 2.15. The third-order valence-electron chi connectivity index (χ3n) is 4.31. The SMILES string of the molecule is CCC(=O)N(CCN(C)c1nc2ccc(Cl)nc2[nH]1)Cc1cc(Cl)cc(Cl)c1. The topological polar surface area (TPSA) is 65.1 Å². The molecule has 0 bridgehead atoms. The van der Waals surface area contributed by atoms with Crippen LogP contribution in [0.4, 0.5) is 5.95 Å². The second-order valence-corrected chi connectivity index (χ2v) is 7.69. The maximum Gasteiger partial charge on any atom is 0.222 e. The summed E-state index contributed by atoms with van der Waals surface area (Å²) < 4.78 is 0. The number of H-pyrrole nitrogens is 1. The number of benzene rings is 1. The first-order chi connectivity index (χ1) is 13.4. The molecule has 9 heteroatoms. The summed E-state index contributed by atoms with van der Waals surface area (Å²) in [6.07, 6.45) is 0.422. The largest absolute Gasteiger partial charge is 0.344 e. The Kier molecular flexibility index (Phi) is 6.65. The van der Waals surface area contributed by atoms with Gasteiger partial charge >= 0.3 is 0 Å². The molecule has 148 valence electrons. The van der Waals surface area contributed by atoms with Crippen LogP contribution in [0.3, 0.4) is 0 Å². The lowest BCUT2D eigenvalue weighted by Crippen LogP contribution is -2.37. The van der Waals surface area contributed by atoms with E-state index in [-0.39, 0.29) is 5.91 Å². The number of aromatic nitrogens is 3. The van der Waals surface area contributed by atoms with Crippen LogP contribution in [0, 0.1) is 0 Å². The number of hydrogen-bond acceptors (Lipinski definition) is 4. The van der Waals surface area contributed by atoms with Crippen LogP contribution in [0.2, 0.25) is 15.2 Å². The molecular formula is C19H20Cl3N5O. The van der Waals surface area contributed by atoms with E-state index < -0.39 is 0 Å². The quantitative estimate of drug-likeness (QED) is 0.536. The Labute approximate surface area is 178 Å². The van der Waals surface area contributed by atoms with Gasteiger partial charge in [0.2, 0.25) is 11.9 Å². The molecular weight excluding hydrogens is 421 g/mol. The van der Waals surface area contributed by atoms with Gasteiger partial charge in [0.15, 0.2) is 5.65 Å². The molecule has 0 saturated heterocycles. The lowest BCUT2D eigenvalue weighted by atomic mass is 10.2. The molecule has 6 nitrogen and oxygen atoms in total. The average Bonchev–Trinajstić information content (AvgIpc) is 3.06. The van der Waals surface area contributed by atoms with Crippen molar-refractivity contribution in [1.29, 1.82) is 0 Å². The molecule has 3 rings (SSSR count). The summed E-state index contributed by atoms with van der Waals surface area (Å²) in [5.41, 5.74) is 2.26. The van der Waals surface area contributed by atoms with E-state index in [4.69, 9.17) is 34.8 Å². The summed E-state index contributed by atoms with van der Waals surface area (Å²) in [7, 11) is 1.91. The van der Waals surface area contributed by atoms with E-state index >= 15 is 0 Å². The number of imidazole rings is 1. The van der Waals surface area contributed by atoms with Crippen molar-refractivity contribution >= 4 is 57.8 Å². The van der Waals surface area contributed by atoms with Crippen molar-refractivity contribution in [3.63, 3.8) is 0 Å². The number of likely N-dealkylation sites (N-methyl/N-ethyl adjacent to an activating group) is 1. The minimum Gasteiger partial charge on any atom is -0.344 e. The van der Waals surface area contributed by atoms with E-state index in [0.29, 0.717) is 52.8 Å². The molecule has 0 aliphatic carbocycles. The van der Waals surface area contributed by atoms with Crippen LogP contribution < -0.4 is 4.90 Å². The van der Waals surface area contributed by atoms with Gasteiger partial charge in [0.05, 0.1) is 0 Å². The van der Waals surface area contributed by atoms with E-state index in [0.717, 1.165) is 11.1 Å². The first-order valence-corrected chi connectivity index (χ1v) is 9.95. The molecule has 0 aliphatic heterocycles. The number of carbonyl (C=O) groups is 1. The summed E-state index contributed by atoms with van der Waals surface area (Å²) in [6.45, 7) is 3.41. The van der Waals surface area contributed by atoms with Crippen LogP contribution in [0.5, 0.6) is 0 Å². The van der Waals surface area contributed by atoms with Gasteiger partial charge in [-0.15, -0.1) is 0 Å². The number of nitrogens with zero attached hydrogens (tertiary/aromatic N) is 4. The van der Waals surface area contributed by atoms with E-state index in [1.165, 1.54) is 0 Å². The van der Waals surface area contributed by atoms with Crippen LogP contribution in [0.1, 0.15) is 18.9 Å². The molecule has 0 saturated carbocycles. The zero-order chi connectivity index (χ0) is 20.3. The number of anilines is 1. The van der Waals surface area contributed by atoms with Crippen LogP contribution in [0.15, 0.2) is 30.3 Å². The molecule has 1 aromatic carbocycles. The number of rotatable bonds is 7. The van der Waals surface area contributed by atoms with Gasteiger partial charge < -0.3 is 14.8 Å². The predicted octanol–water partition coefficient (Wildman–Crippen LogP) is 4.79. The molecule has 2 aromatic heterocycles. The summed E-state index contributed by atoms with van der Waals surface area (Å²) in [4.78, 5) is 28.0. The van der Waals surface area contributed by atoms with E-state index in [9.17, 15) is 4.79 Å². The van der Waals surface area contributed by atoms with Crippen molar-refractivity contribution < 1.29 is 4.79 Å². The molecule has 1 N–H and O–H groups in total. The molecule has 0 radical (unpaired) electrons. The van der Waals surface area contributed by atoms with Crippen molar-refractivity contribution in [2.75, 3.05) is 25.0 Å². The summed E-state index contributed by atoms with van der Waals surface area (Å²) >= 11 is 18.1. The lowest BCUT2D eigenvalue weighted by molar-refractivity contribution is -0.131. The van der Waals surface area contributed by atoms with Crippen LogP contribution in [-0.4, -0.2) is 45.9 Å². The number of carbonyl (C=O) groups excluding carboxylic acids is 1.